The lowest BCUT2D eigenvalue weighted by atomic mass is 10.3. The molecule has 0 atom stereocenters. The summed E-state index contributed by atoms with van der Waals surface area (Å²) in [4.78, 5) is 4.13. The first kappa shape index (κ1) is 9.26. The molecule has 0 fully saturated rings. The molecule has 0 spiro atoms. The molecule has 1 aromatic heterocycles. The molecule has 0 aliphatic rings. The molecule has 0 saturated heterocycles. The molecule has 3 heteroatoms. The summed E-state index contributed by atoms with van der Waals surface area (Å²) >= 11 is 0. The fourth-order valence-electron chi connectivity index (χ4n) is 1.11. The molecule has 3 nitrogen and oxygen atoms in total. The number of nitrogens with zero attached hydrogens (tertiary/aromatic N) is 1. The van der Waals surface area contributed by atoms with Crippen LogP contribution in [0, 0.1) is 0 Å². The van der Waals surface area contributed by atoms with Crippen LogP contribution >= 0.6 is 0 Å². The van der Waals surface area contributed by atoms with Gasteiger partial charge in [0.25, 0.3) is 0 Å². The van der Waals surface area contributed by atoms with Gasteiger partial charge in [0.2, 0.25) is 0 Å². The van der Waals surface area contributed by atoms with Gasteiger partial charge in [-0.15, -0.1) is 0 Å². The molecule has 0 aliphatic carbocycles. The first-order valence-electron chi connectivity index (χ1n) is 4.50. The van der Waals surface area contributed by atoms with Crippen LogP contribution in [0.3, 0.4) is 0 Å². The van der Waals surface area contributed by atoms with E-state index in [1.807, 2.05) is 0 Å². The number of aromatic nitrogens is 1. The van der Waals surface area contributed by atoms with Crippen LogP contribution in [0.2, 0.25) is 0 Å². The van der Waals surface area contributed by atoms with E-state index in [2.05, 4.69) is 24.1 Å². The van der Waals surface area contributed by atoms with Gasteiger partial charge in [-0.05, 0) is 13.0 Å². The van der Waals surface area contributed by atoms with Crippen molar-refractivity contribution in [1.29, 1.82) is 0 Å². The number of hydrogen-bond donors (Lipinski definition) is 1. The molecule has 68 valence electrons. The van der Waals surface area contributed by atoms with Crippen molar-refractivity contribution in [3.63, 3.8) is 0 Å². The van der Waals surface area contributed by atoms with Crippen molar-refractivity contribution < 1.29 is 4.42 Å². The van der Waals surface area contributed by atoms with Crippen molar-refractivity contribution in [3.8, 4) is 0 Å². The minimum absolute atomic E-state index is 0.827. The summed E-state index contributed by atoms with van der Waals surface area (Å²) in [6.07, 6.45) is 3.59. The summed E-state index contributed by atoms with van der Waals surface area (Å²) in [5.74, 6) is 0.999. The molecule has 1 N–H and O–H groups in total. The third-order valence-corrected chi connectivity index (χ3v) is 1.77. The van der Waals surface area contributed by atoms with Crippen LogP contribution in [0.1, 0.15) is 31.7 Å². The summed E-state index contributed by atoms with van der Waals surface area (Å²) in [7, 11) is 0. The molecule has 0 unspecified atom stereocenters. The zero-order chi connectivity index (χ0) is 8.81. The van der Waals surface area contributed by atoms with Crippen LogP contribution < -0.4 is 5.32 Å². The van der Waals surface area contributed by atoms with E-state index >= 15 is 0 Å². The summed E-state index contributed by atoms with van der Waals surface area (Å²) < 4.78 is 5.19. The second-order valence-electron chi connectivity index (χ2n) is 2.75. The first-order valence-corrected chi connectivity index (χ1v) is 4.50. The number of oxazole rings is 1. The lowest BCUT2D eigenvalue weighted by Gasteiger charge is -2.00. The molecule has 0 radical (unpaired) electrons. The van der Waals surface area contributed by atoms with Crippen molar-refractivity contribution in [1.82, 2.24) is 10.3 Å². The van der Waals surface area contributed by atoms with E-state index < -0.39 is 0 Å². The van der Waals surface area contributed by atoms with Crippen LogP contribution in [0.15, 0.2) is 10.8 Å². The van der Waals surface area contributed by atoms with Crippen LogP contribution in [-0.4, -0.2) is 11.5 Å². The van der Waals surface area contributed by atoms with E-state index in [9.17, 15) is 0 Å². The van der Waals surface area contributed by atoms with E-state index in [4.69, 9.17) is 4.42 Å². The molecular formula is C9H16N2O. The molecule has 1 aromatic rings. The van der Waals surface area contributed by atoms with Crippen LogP contribution in [0.5, 0.6) is 0 Å². The topological polar surface area (TPSA) is 38.1 Å². The number of nitrogens with one attached hydrogen (secondary N) is 1. The Bertz CT molecular complexity index is 220. The highest BCUT2D eigenvalue weighted by molar-refractivity contribution is 5.06. The molecule has 0 amide bonds. The van der Waals surface area contributed by atoms with Gasteiger partial charge in [0, 0.05) is 13.0 Å². The summed E-state index contributed by atoms with van der Waals surface area (Å²) in [6, 6.07) is 0. The zero-order valence-corrected chi connectivity index (χ0v) is 7.76. The largest absolute Gasteiger partial charge is 0.448 e. The third-order valence-electron chi connectivity index (χ3n) is 1.77. The maximum absolute atomic E-state index is 5.19. The molecule has 1 rings (SSSR count). The smallest absolute Gasteiger partial charge is 0.181 e. The average molecular weight is 168 g/mol. The summed E-state index contributed by atoms with van der Waals surface area (Å²) in [5.41, 5.74) is 1.05. The molecule has 12 heavy (non-hydrogen) atoms. The predicted octanol–water partition coefficient (Wildman–Crippen LogP) is 1.74. The maximum Gasteiger partial charge on any atom is 0.181 e. The number of aryl methyl sites for hydroxylation is 1. The highest BCUT2D eigenvalue weighted by Gasteiger charge is 2.03. The van der Waals surface area contributed by atoms with E-state index in [1.165, 1.54) is 6.39 Å². The Hall–Kier alpha value is -0.830. The van der Waals surface area contributed by atoms with Gasteiger partial charge in [0.1, 0.15) is 5.76 Å². The van der Waals surface area contributed by atoms with Crippen molar-refractivity contribution in [2.45, 2.75) is 33.2 Å². The SMILES string of the molecule is CCCNCc1ncoc1CC. The van der Waals surface area contributed by atoms with E-state index in [1.54, 1.807) is 0 Å². The Balaban J connectivity index is 2.39. The number of rotatable bonds is 5. The fourth-order valence-corrected chi connectivity index (χ4v) is 1.11. The third kappa shape index (κ3) is 2.34. The highest BCUT2D eigenvalue weighted by Crippen LogP contribution is 2.06. The Morgan fingerprint density at radius 3 is 3.00 bits per heavy atom. The van der Waals surface area contributed by atoms with Gasteiger partial charge in [-0.3, -0.25) is 0 Å². The number of hydrogen-bond acceptors (Lipinski definition) is 3. The first-order chi connectivity index (χ1) is 5.88. The molecule has 0 aromatic carbocycles. The lowest BCUT2D eigenvalue weighted by molar-refractivity contribution is 0.504. The summed E-state index contributed by atoms with van der Waals surface area (Å²) in [5, 5.41) is 3.29. The second kappa shape index (κ2) is 4.93. The Morgan fingerprint density at radius 2 is 2.33 bits per heavy atom. The van der Waals surface area contributed by atoms with Crippen molar-refractivity contribution >= 4 is 0 Å². The molecule has 1 heterocycles. The van der Waals surface area contributed by atoms with Gasteiger partial charge < -0.3 is 9.73 Å². The average Bonchev–Trinajstić information content (AvgIpc) is 2.52. The normalized spacial score (nSPS) is 10.5. The maximum atomic E-state index is 5.19. The monoisotopic (exact) mass is 168 g/mol. The Labute approximate surface area is 73.2 Å². The predicted molar refractivity (Wildman–Crippen MR) is 47.9 cm³/mol. The van der Waals surface area contributed by atoms with Gasteiger partial charge in [0.15, 0.2) is 6.39 Å². The molecule has 0 bridgehead atoms. The lowest BCUT2D eigenvalue weighted by Crippen LogP contribution is -2.14. The zero-order valence-electron chi connectivity index (χ0n) is 7.76. The van der Waals surface area contributed by atoms with Gasteiger partial charge in [-0.25, -0.2) is 4.98 Å². The van der Waals surface area contributed by atoms with Crippen molar-refractivity contribution in [3.05, 3.63) is 17.8 Å². The molecular weight excluding hydrogens is 152 g/mol. The van der Waals surface area contributed by atoms with Crippen LogP contribution in [0.4, 0.5) is 0 Å². The van der Waals surface area contributed by atoms with E-state index in [0.717, 1.165) is 37.4 Å². The Morgan fingerprint density at radius 1 is 1.50 bits per heavy atom. The standard InChI is InChI=1S/C9H16N2O/c1-3-5-10-6-8-9(4-2)12-7-11-8/h7,10H,3-6H2,1-2H3. The summed E-state index contributed by atoms with van der Waals surface area (Å²) in [6.45, 7) is 6.09. The van der Waals surface area contributed by atoms with E-state index in [0.29, 0.717) is 0 Å². The Kier molecular flexibility index (Phi) is 3.80. The minimum Gasteiger partial charge on any atom is -0.448 e. The van der Waals surface area contributed by atoms with Gasteiger partial charge in [-0.1, -0.05) is 13.8 Å². The fraction of sp³-hybridized carbons (Fsp3) is 0.667. The van der Waals surface area contributed by atoms with Gasteiger partial charge in [-0.2, -0.15) is 0 Å². The molecule has 0 aliphatic heterocycles. The second-order valence-corrected chi connectivity index (χ2v) is 2.75. The quantitative estimate of drug-likeness (QED) is 0.680. The van der Waals surface area contributed by atoms with Crippen molar-refractivity contribution in [2.75, 3.05) is 6.54 Å². The minimum atomic E-state index is 0.827. The van der Waals surface area contributed by atoms with Crippen molar-refractivity contribution in [2.24, 2.45) is 0 Å². The van der Waals surface area contributed by atoms with E-state index in [-0.39, 0.29) is 0 Å². The van der Waals surface area contributed by atoms with Crippen LogP contribution in [0.25, 0.3) is 0 Å². The van der Waals surface area contributed by atoms with Gasteiger partial charge >= 0.3 is 0 Å². The highest BCUT2D eigenvalue weighted by atomic mass is 16.3. The van der Waals surface area contributed by atoms with Gasteiger partial charge in [0.05, 0.1) is 5.69 Å². The molecule has 0 saturated carbocycles. The van der Waals surface area contributed by atoms with Crippen LogP contribution in [-0.2, 0) is 13.0 Å².